The Balaban J connectivity index is 2.13. The van der Waals surface area contributed by atoms with Crippen LogP contribution in [0.15, 0.2) is 17.5 Å². The molecule has 1 aromatic heterocycles. The van der Waals surface area contributed by atoms with Gasteiger partial charge in [-0.3, -0.25) is 0 Å². The monoisotopic (exact) mass is 253 g/mol. The smallest absolute Gasteiger partial charge is 0.0856 e. The molecule has 0 radical (unpaired) electrons. The van der Waals surface area contributed by atoms with Crippen molar-refractivity contribution in [3.63, 3.8) is 0 Å². The van der Waals surface area contributed by atoms with E-state index in [2.05, 4.69) is 36.7 Å². The fraction of sp³-hybridized carbons (Fsp3) is 0.714. The molecule has 0 saturated carbocycles. The second-order valence-corrected chi connectivity index (χ2v) is 6.00. The molecule has 3 heteroatoms. The van der Waals surface area contributed by atoms with Crippen LogP contribution in [0.3, 0.4) is 0 Å². The molecule has 1 fully saturated rings. The van der Waals surface area contributed by atoms with Crippen LogP contribution in [-0.2, 0) is 4.74 Å². The van der Waals surface area contributed by atoms with Gasteiger partial charge in [-0.2, -0.15) is 0 Å². The van der Waals surface area contributed by atoms with E-state index in [-0.39, 0.29) is 5.60 Å². The summed E-state index contributed by atoms with van der Waals surface area (Å²) in [5, 5.41) is 5.82. The lowest BCUT2D eigenvalue weighted by Gasteiger charge is -2.40. The minimum Gasteiger partial charge on any atom is -0.373 e. The molecule has 1 aliphatic rings. The lowest BCUT2D eigenvalue weighted by atomic mass is 9.87. The molecule has 0 spiro atoms. The van der Waals surface area contributed by atoms with Crippen molar-refractivity contribution in [3.05, 3.63) is 22.4 Å². The predicted molar refractivity (Wildman–Crippen MR) is 73.6 cm³/mol. The van der Waals surface area contributed by atoms with Crippen LogP contribution in [-0.4, -0.2) is 18.8 Å². The number of ether oxygens (including phenoxy) is 1. The summed E-state index contributed by atoms with van der Waals surface area (Å²) in [7, 11) is 0. The highest BCUT2D eigenvalue weighted by Gasteiger charge is 2.37. The molecule has 96 valence electrons. The number of thiophene rings is 1. The maximum absolute atomic E-state index is 6.09. The zero-order valence-corrected chi connectivity index (χ0v) is 11.7. The van der Waals surface area contributed by atoms with E-state index in [1.165, 1.54) is 17.7 Å². The fourth-order valence-corrected chi connectivity index (χ4v) is 3.48. The van der Waals surface area contributed by atoms with Gasteiger partial charge in [0.2, 0.25) is 0 Å². The highest BCUT2D eigenvalue weighted by Crippen LogP contribution is 2.38. The predicted octanol–water partition coefficient (Wildman–Crippen LogP) is 3.75. The van der Waals surface area contributed by atoms with E-state index in [9.17, 15) is 0 Å². The van der Waals surface area contributed by atoms with Crippen molar-refractivity contribution in [3.8, 4) is 0 Å². The minimum absolute atomic E-state index is 0.0295. The van der Waals surface area contributed by atoms with Gasteiger partial charge in [0.1, 0.15) is 0 Å². The van der Waals surface area contributed by atoms with Crippen molar-refractivity contribution in [1.82, 2.24) is 5.32 Å². The summed E-state index contributed by atoms with van der Waals surface area (Å²) in [6, 6.07) is 4.70. The lowest BCUT2D eigenvalue weighted by molar-refractivity contribution is -0.0890. The van der Waals surface area contributed by atoms with Gasteiger partial charge >= 0.3 is 0 Å². The van der Waals surface area contributed by atoms with Gasteiger partial charge in [-0.05, 0) is 50.6 Å². The Labute approximate surface area is 108 Å². The van der Waals surface area contributed by atoms with Gasteiger partial charge < -0.3 is 10.1 Å². The van der Waals surface area contributed by atoms with E-state index < -0.39 is 0 Å². The highest BCUT2D eigenvalue weighted by molar-refractivity contribution is 7.10. The summed E-state index contributed by atoms with van der Waals surface area (Å²) in [4.78, 5) is 1.41. The Morgan fingerprint density at radius 2 is 2.41 bits per heavy atom. The first-order valence-electron chi connectivity index (χ1n) is 6.67. The topological polar surface area (TPSA) is 21.3 Å². The first-order valence-corrected chi connectivity index (χ1v) is 7.55. The molecule has 1 saturated heterocycles. The molecule has 2 unspecified atom stereocenters. The van der Waals surface area contributed by atoms with Gasteiger partial charge in [-0.1, -0.05) is 13.0 Å². The summed E-state index contributed by atoms with van der Waals surface area (Å²) < 4.78 is 6.09. The molecule has 1 aliphatic heterocycles. The summed E-state index contributed by atoms with van der Waals surface area (Å²) in [5.74, 6) is 0. The summed E-state index contributed by atoms with van der Waals surface area (Å²) in [5.41, 5.74) is -0.0295. The molecule has 0 aliphatic carbocycles. The average molecular weight is 253 g/mol. The maximum Gasteiger partial charge on any atom is 0.0856 e. The van der Waals surface area contributed by atoms with Crippen molar-refractivity contribution in [2.24, 2.45) is 0 Å². The van der Waals surface area contributed by atoms with Crippen LogP contribution in [0.2, 0.25) is 0 Å². The number of hydrogen-bond acceptors (Lipinski definition) is 3. The summed E-state index contributed by atoms with van der Waals surface area (Å²) in [6.45, 7) is 6.44. The van der Waals surface area contributed by atoms with E-state index in [0.717, 1.165) is 26.0 Å². The Kier molecular flexibility index (Phi) is 4.60. The maximum atomic E-state index is 6.09. The van der Waals surface area contributed by atoms with E-state index >= 15 is 0 Å². The largest absolute Gasteiger partial charge is 0.373 e. The lowest BCUT2D eigenvalue weighted by Crippen LogP contribution is -2.45. The SMILES string of the molecule is CCCNC(c1cccs1)C1(C)CCCCO1. The van der Waals surface area contributed by atoms with E-state index in [1.807, 2.05) is 11.3 Å². The molecular weight excluding hydrogens is 230 g/mol. The minimum atomic E-state index is -0.0295. The van der Waals surface area contributed by atoms with Crippen molar-refractivity contribution in [1.29, 1.82) is 0 Å². The Hall–Kier alpha value is -0.380. The van der Waals surface area contributed by atoms with Crippen LogP contribution in [0, 0.1) is 0 Å². The Morgan fingerprint density at radius 1 is 1.53 bits per heavy atom. The van der Waals surface area contributed by atoms with E-state index in [4.69, 9.17) is 4.74 Å². The fourth-order valence-electron chi connectivity index (χ4n) is 2.54. The van der Waals surface area contributed by atoms with Crippen LogP contribution in [0.25, 0.3) is 0 Å². The quantitative estimate of drug-likeness (QED) is 0.863. The second-order valence-electron chi connectivity index (χ2n) is 5.02. The van der Waals surface area contributed by atoms with Crippen LogP contribution in [0.1, 0.15) is 50.4 Å². The molecule has 2 heterocycles. The molecule has 0 bridgehead atoms. The van der Waals surface area contributed by atoms with Crippen LogP contribution >= 0.6 is 11.3 Å². The third-order valence-electron chi connectivity index (χ3n) is 3.54. The van der Waals surface area contributed by atoms with E-state index in [1.54, 1.807) is 0 Å². The van der Waals surface area contributed by atoms with Gasteiger partial charge in [0, 0.05) is 11.5 Å². The molecule has 1 aromatic rings. The highest BCUT2D eigenvalue weighted by atomic mass is 32.1. The molecule has 2 rings (SSSR count). The van der Waals surface area contributed by atoms with Crippen molar-refractivity contribution in [2.45, 2.75) is 51.2 Å². The first kappa shape index (κ1) is 13.1. The Bertz CT molecular complexity index is 317. The molecular formula is C14H23NOS. The summed E-state index contributed by atoms with van der Waals surface area (Å²) in [6.07, 6.45) is 4.82. The van der Waals surface area contributed by atoms with Crippen LogP contribution in [0.4, 0.5) is 0 Å². The molecule has 17 heavy (non-hydrogen) atoms. The molecule has 1 N–H and O–H groups in total. The summed E-state index contributed by atoms with van der Waals surface area (Å²) >= 11 is 1.83. The molecule has 0 aromatic carbocycles. The molecule has 2 atom stereocenters. The Morgan fingerprint density at radius 3 is 3.00 bits per heavy atom. The molecule has 2 nitrogen and oxygen atoms in total. The van der Waals surface area contributed by atoms with Crippen LogP contribution < -0.4 is 5.32 Å². The third kappa shape index (κ3) is 3.09. The van der Waals surface area contributed by atoms with E-state index in [0.29, 0.717) is 6.04 Å². The van der Waals surface area contributed by atoms with Crippen molar-refractivity contribution >= 4 is 11.3 Å². The number of rotatable bonds is 5. The standard InChI is InChI=1S/C14H23NOS/c1-3-9-15-13(12-7-6-11-17-12)14(2)8-4-5-10-16-14/h6-7,11,13,15H,3-5,8-10H2,1-2H3. The van der Waals surface area contributed by atoms with Crippen LogP contribution in [0.5, 0.6) is 0 Å². The normalized spacial score (nSPS) is 26.9. The molecule has 0 amide bonds. The second kappa shape index (κ2) is 5.98. The van der Waals surface area contributed by atoms with Gasteiger partial charge in [0.05, 0.1) is 11.6 Å². The van der Waals surface area contributed by atoms with Gasteiger partial charge in [0.15, 0.2) is 0 Å². The zero-order chi connectivity index (χ0) is 12.1. The van der Waals surface area contributed by atoms with Crippen molar-refractivity contribution < 1.29 is 4.74 Å². The van der Waals surface area contributed by atoms with Crippen molar-refractivity contribution in [2.75, 3.05) is 13.2 Å². The van der Waals surface area contributed by atoms with Gasteiger partial charge in [-0.15, -0.1) is 11.3 Å². The third-order valence-corrected chi connectivity index (χ3v) is 4.47. The number of hydrogen-bond donors (Lipinski definition) is 1. The first-order chi connectivity index (χ1) is 8.26. The van der Waals surface area contributed by atoms with Gasteiger partial charge in [-0.25, -0.2) is 0 Å². The van der Waals surface area contributed by atoms with Gasteiger partial charge in [0.25, 0.3) is 0 Å². The average Bonchev–Trinajstić information content (AvgIpc) is 2.84. The number of nitrogens with one attached hydrogen (secondary N) is 1. The zero-order valence-electron chi connectivity index (χ0n) is 10.9.